The average Bonchev–Trinajstić information content (AvgIpc) is 3.20. The summed E-state index contributed by atoms with van der Waals surface area (Å²) in [6.07, 6.45) is 5.17. The molecule has 0 unspecified atom stereocenters. The maximum absolute atomic E-state index is 13.0. The minimum absolute atomic E-state index is 0.0927. The van der Waals surface area contributed by atoms with Gasteiger partial charge in [-0.15, -0.1) is 0 Å². The van der Waals surface area contributed by atoms with E-state index in [9.17, 15) is 9.18 Å². The molecule has 1 fully saturated rings. The van der Waals surface area contributed by atoms with E-state index in [1.165, 1.54) is 0 Å². The van der Waals surface area contributed by atoms with Gasteiger partial charge in [-0.3, -0.25) is 19.1 Å². The van der Waals surface area contributed by atoms with Crippen molar-refractivity contribution in [3.05, 3.63) is 30.5 Å². The summed E-state index contributed by atoms with van der Waals surface area (Å²) in [5.41, 5.74) is -0.793. The van der Waals surface area contributed by atoms with Crippen LogP contribution in [0, 0.1) is 5.82 Å². The average molecular weight is 469 g/mol. The van der Waals surface area contributed by atoms with Crippen LogP contribution in [0.25, 0.3) is 0 Å². The van der Waals surface area contributed by atoms with Gasteiger partial charge in [-0.2, -0.15) is 5.10 Å². The highest BCUT2D eigenvalue weighted by molar-refractivity contribution is 5.89. The van der Waals surface area contributed by atoms with Crippen LogP contribution in [0.1, 0.15) is 12.8 Å². The number of aromatic nitrogens is 4. The second kappa shape index (κ2) is 14.3. The number of anilines is 2. The highest BCUT2D eigenvalue weighted by atomic mass is 19.1. The molecule has 0 spiro atoms. The first-order valence-corrected chi connectivity index (χ1v) is 9.79. The number of carbonyl (C=O) groups is 3. The monoisotopic (exact) mass is 469 g/mol. The third kappa shape index (κ3) is 8.68. The molecule has 0 radical (unpaired) electrons. The van der Waals surface area contributed by atoms with Crippen LogP contribution in [-0.2, 0) is 26.2 Å². The molecule has 182 valence electrons. The Morgan fingerprint density at radius 3 is 2.30 bits per heavy atom. The molecule has 0 aromatic carbocycles. The first-order valence-electron chi connectivity index (χ1n) is 9.79. The van der Waals surface area contributed by atoms with Crippen LogP contribution in [-0.4, -0.2) is 87.7 Å². The van der Waals surface area contributed by atoms with Crippen LogP contribution in [0.15, 0.2) is 24.7 Å². The molecule has 3 heterocycles. The van der Waals surface area contributed by atoms with E-state index in [1.54, 1.807) is 11.8 Å². The van der Waals surface area contributed by atoms with E-state index in [0.717, 1.165) is 12.4 Å². The van der Waals surface area contributed by atoms with E-state index >= 15 is 0 Å². The van der Waals surface area contributed by atoms with Crippen molar-refractivity contribution in [2.75, 3.05) is 43.6 Å². The van der Waals surface area contributed by atoms with Gasteiger partial charge >= 0.3 is 0 Å². The predicted octanol–water partition coefficient (Wildman–Crippen LogP) is -0.0355. The van der Waals surface area contributed by atoms with Gasteiger partial charge in [0, 0.05) is 46.1 Å². The summed E-state index contributed by atoms with van der Waals surface area (Å²) in [6.45, 7) is 1.50. The predicted molar refractivity (Wildman–Crippen MR) is 115 cm³/mol. The van der Waals surface area contributed by atoms with Crippen LogP contribution in [0.2, 0.25) is 0 Å². The summed E-state index contributed by atoms with van der Waals surface area (Å²) in [7, 11) is 3.42. The molecule has 33 heavy (non-hydrogen) atoms. The number of carbonyl (C=O) groups excluding carboxylic acids is 1. The minimum atomic E-state index is -0.793. The van der Waals surface area contributed by atoms with Gasteiger partial charge in [-0.05, 0) is 12.8 Å². The second-order valence-electron chi connectivity index (χ2n) is 6.73. The van der Waals surface area contributed by atoms with Gasteiger partial charge in [0.1, 0.15) is 11.4 Å². The normalized spacial score (nSPS) is 14.0. The molecule has 14 heteroatoms. The van der Waals surface area contributed by atoms with Crippen LogP contribution in [0.5, 0.6) is 0 Å². The van der Waals surface area contributed by atoms with Crippen molar-refractivity contribution in [1.29, 1.82) is 0 Å². The summed E-state index contributed by atoms with van der Waals surface area (Å²) in [5, 5.41) is 24.3. The van der Waals surface area contributed by atoms with Gasteiger partial charge in [-0.1, -0.05) is 0 Å². The Bertz CT molecular complexity index is 851. The number of hydrogen-bond acceptors (Lipinski definition) is 9. The molecule has 3 rings (SSSR count). The summed E-state index contributed by atoms with van der Waals surface area (Å²) in [4.78, 5) is 39.7. The van der Waals surface area contributed by atoms with Gasteiger partial charge < -0.3 is 30.5 Å². The smallest absolute Gasteiger partial charge is 0.290 e. The highest BCUT2D eigenvalue weighted by Gasteiger charge is 2.42. The molecule has 0 saturated carbocycles. The summed E-state index contributed by atoms with van der Waals surface area (Å²) in [5.74, 6) is 0.540. The van der Waals surface area contributed by atoms with Crippen LogP contribution in [0.3, 0.4) is 0 Å². The Balaban J connectivity index is 0.000000819. The van der Waals surface area contributed by atoms with Gasteiger partial charge in [0.15, 0.2) is 5.82 Å². The molecular formula is C19H28FN7O6. The molecule has 2 aromatic rings. The van der Waals surface area contributed by atoms with Crippen LogP contribution >= 0.6 is 0 Å². The first-order chi connectivity index (χ1) is 15.8. The number of methoxy groups -OCH3 is 1. The summed E-state index contributed by atoms with van der Waals surface area (Å²) in [6, 6.07) is 1.83. The lowest BCUT2D eigenvalue weighted by molar-refractivity contribution is -0.126. The number of nitrogens with zero attached hydrogens (tertiary/aromatic N) is 5. The Hall–Kier alpha value is -3.81. The van der Waals surface area contributed by atoms with Gasteiger partial charge in [0.05, 0.1) is 19.0 Å². The molecule has 1 saturated heterocycles. The molecule has 0 bridgehead atoms. The molecule has 0 aliphatic carbocycles. The number of aryl methyl sites for hydroxylation is 1. The number of rotatable bonds is 7. The van der Waals surface area contributed by atoms with Crippen molar-refractivity contribution in [3.8, 4) is 0 Å². The fraction of sp³-hybridized carbons (Fsp3) is 0.474. The number of piperidine rings is 1. The van der Waals surface area contributed by atoms with E-state index < -0.39 is 11.4 Å². The van der Waals surface area contributed by atoms with E-state index in [1.807, 2.05) is 24.2 Å². The maximum atomic E-state index is 13.0. The molecule has 0 atom stereocenters. The molecule has 13 nitrogen and oxygen atoms in total. The van der Waals surface area contributed by atoms with E-state index in [0.29, 0.717) is 50.8 Å². The Labute approximate surface area is 189 Å². The Morgan fingerprint density at radius 2 is 1.82 bits per heavy atom. The molecule has 1 aliphatic heterocycles. The van der Waals surface area contributed by atoms with Crippen molar-refractivity contribution in [2.24, 2.45) is 7.05 Å². The number of nitrogens with one attached hydrogen (secondary N) is 2. The molecule has 4 N–H and O–H groups in total. The SMILES string of the molecule is COCCNC(=O)C1(Nc2ccn(C)n2)CCN(c2ncc(F)cn2)CC1.O=CO.O=CO. The summed E-state index contributed by atoms with van der Waals surface area (Å²) < 4.78 is 19.7. The zero-order valence-electron chi connectivity index (χ0n) is 18.3. The minimum Gasteiger partial charge on any atom is -0.483 e. The maximum Gasteiger partial charge on any atom is 0.290 e. The quantitative estimate of drug-likeness (QED) is 0.317. The molecule has 1 amide bonds. The number of halogens is 1. The summed E-state index contributed by atoms with van der Waals surface area (Å²) >= 11 is 0. The van der Waals surface area contributed by atoms with Crippen molar-refractivity contribution < 1.29 is 33.7 Å². The van der Waals surface area contributed by atoms with Crippen molar-refractivity contribution in [2.45, 2.75) is 18.4 Å². The van der Waals surface area contributed by atoms with Crippen molar-refractivity contribution >= 4 is 30.6 Å². The third-order valence-corrected chi connectivity index (χ3v) is 4.61. The van der Waals surface area contributed by atoms with Crippen LogP contribution < -0.4 is 15.5 Å². The van der Waals surface area contributed by atoms with Crippen molar-refractivity contribution in [1.82, 2.24) is 25.1 Å². The number of ether oxygens (including phenoxy) is 1. The van der Waals surface area contributed by atoms with Gasteiger partial charge in [0.25, 0.3) is 12.9 Å². The number of amides is 1. The van der Waals surface area contributed by atoms with Gasteiger partial charge in [0.2, 0.25) is 11.9 Å². The lowest BCUT2D eigenvalue weighted by Gasteiger charge is -2.41. The second-order valence-corrected chi connectivity index (χ2v) is 6.73. The van der Waals surface area contributed by atoms with E-state index in [-0.39, 0.29) is 18.9 Å². The van der Waals surface area contributed by atoms with Crippen LogP contribution in [0.4, 0.5) is 16.2 Å². The van der Waals surface area contributed by atoms with E-state index in [2.05, 4.69) is 25.7 Å². The fourth-order valence-electron chi connectivity index (χ4n) is 3.13. The Morgan fingerprint density at radius 1 is 1.24 bits per heavy atom. The molecular weight excluding hydrogens is 441 g/mol. The van der Waals surface area contributed by atoms with E-state index in [4.69, 9.17) is 24.5 Å². The largest absolute Gasteiger partial charge is 0.483 e. The first kappa shape index (κ1) is 27.2. The number of carboxylic acid groups (broad SMARTS) is 2. The Kier molecular flexibility index (Phi) is 11.8. The molecule has 2 aromatic heterocycles. The van der Waals surface area contributed by atoms with Gasteiger partial charge in [-0.25, -0.2) is 14.4 Å². The molecule has 1 aliphatic rings. The highest BCUT2D eigenvalue weighted by Crippen LogP contribution is 2.28. The zero-order chi connectivity index (χ0) is 24.7. The fourth-order valence-corrected chi connectivity index (χ4v) is 3.13. The lowest BCUT2D eigenvalue weighted by atomic mass is 9.86. The van der Waals surface area contributed by atoms with Crippen molar-refractivity contribution in [3.63, 3.8) is 0 Å². The third-order valence-electron chi connectivity index (χ3n) is 4.61. The lowest BCUT2D eigenvalue weighted by Crippen LogP contribution is -2.59. The zero-order valence-corrected chi connectivity index (χ0v) is 18.3. The standard InChI is InChI=1S/C17H24FN7O2.2CH2O2/c1-24-7-3-14(23-24)22-17(15(26)19-6-10-27-2)4-8-25(9-5-17)16-20-11-13(18)12-21-16;2*2-1-3/h3,7,11-12H,4-6,8-10H2,1-2H3,(H,19,26)(H,22,23);2*1H,(H,2,3). The number of hydrogen-bond donors (Lipinski definition) is 4. The topological polar surface area (TPSA) is 172 Å².